The molecule has 1 aromatic carbocycles. The first-order valence-electron chi connectivity index (χ1n) is 4.31. The number of aromatic hydroxyl groups is 1. The minimum absolute atomic E-state index is 0.129. The van der Waals surface area contributed by atoms with E-state index in [0.717, 1.165) is 5.56 Å². The van der Waals surface area contributed by atoms with Crippen LogP contribution in [0.4, 0.5) is 4.39 Å². The van der Waals surface area contributed by atoms with Crippen molar-refractivity contribution < 1.29 is 9.50 Å². The Balaban J connectivity index is 2.55. The molecule has 2 N–H and O–H groups in total. The summed E-state index contributed by atoms with van der Waals surface area (Å²) in [5.41, 5.74) is 0.159. The molecule has 1 heterocycles. The number of rotatable bonds is 0. The van der Waals surface area contributed by atoms with Crippen LogP contribution in [0.3, 0.4) is 0 Å². The second kappa shape index (κ2) is 2.70. The van der Waals surface area contributed by atoms with Crippen LogP contribution in [0.5, 0.6) is 5.75 Å². The molecule has 1 aliphatic heterocycles. The molecule has 0 saturated carbocycles. The molecule has 0 radical (unpaired) electrons. The molecular weight excluding hydrogens is 169 g/mol. The number of benzene rings is 1. The lowest BCUT2D eigenvalue weighted by Gasteiger charge is -2.29. The van der Waals surface area contributed by atoms with Crippen LogP contribution in [0, 0.1) is 0 Å². The van der Waals surface area contributed by atoms with Crippen molar-refractivity contribution in [3.8, 4) is 5.75 Å². The Kier molecular flexibility index (Phi) is 1.77. The van der Waals surface area contributed by atoms with Gasteiger partial charge in [-0.15, -0.1) is 0 Å². The van der Waals surface area contributed by atoms with Crippen LogP contribution < -0.4 is 5.32 Å². The maximum absolute atomic E-state index is 13.9. The minimum Gasteiger partial charge on any atom is -0.508 e. The van der Waals surface area contributed by atoms with Crippen molar-refractivity contribution in [3.63, 3.8) is 0 Å². The summed E-state index contributed by atoms with van der Waals surface area (Å²) < 4.78 is 13.9. The maximum atomic E-state index is 13.9. The van der Waals surface area contributed by atoms with Crippen LogP contribution in [-0.4, -0.2) is 11.7 Å². The van der Waals surface area contributed by atoms with E-state index in [1.807, 2.05) is 0 Å². The van der Waals surface area contributed by atoms with E-state index in [1.165, 1.54) is 13.0 Å². The number of nitrogens with one attached hydrogen (secondary N) is 1. The highest BCUT2D eigenvalue weighted by molar-refractivity contribution is 5.40. The van der Waals surface area contributed by atoms with Crippen molar-refractivity contribution in [1.29, 1.82) is 0 Å². The van der Waals surface area contributed by atoms with Crippen molar-refractivity contribution in [2.24, 2.45) is 0 Å². The lowest BCUT2D eigenvalue weighted by molar-refractivity contribution is 0.172. The van der Waals surface area contributed by atoms with Gasteiger partial charge in [0, 0.05) is 13.1 Å². The van der Waals surface area contributed by atoms with Crippen molar-refractivity contribution in [2.45, 2.75) is 19.1 Å². The highest BCUT2D eigenvalue weighted by Crippen LogP contribution is 2.33. The van der Waals surface area contributed by atoms with E-state index in [0.29, 0.717) is 18.7 Å². The van der Waals surface area contributed by atoms with Crippen LogP contribution in [0.2, 0.25) is 0 Å². The Hall–Kier alpha value is -1.09. The predicted molar refractivity (Wildman–Crippen MR) is 48.3 cm³/mol. The van der Waals surface area contributed by atoms with Gasteiger partial charge in [-0.1, -0.05) is 6.07 Å². The maximum Gasteiger partial charge on any atom is 0.146 e. The summed E-state index contributed by atoms with van der Waals surface area (Å²) >= 11 is 0. The third-order valence-corrected chi connectivity index (χ3v) is 2.43. The Morgan fingerprint density at radius 3 is 3.08 bits per heavy atom. The van der Waals surface area contributed by atoms with Crippen molar-refractivity contribution in [2.75, 3.05) is 6.54 Å². The zero-order valence-corrected chi connectivity index (χ0v) is 7.47. The van der Waals surface area contributed by atoms with Gasteiger partial charge in [-0.3, -0.25) is 0 Å². The number of phenolic OH excluding ortho intramolecular Hbond substituents is 1. The highest BCUT2D eigenvalue weighted by Gasteiger charge is 2.31. The summed E-state index contributed by atoms with van der Waals surface area (Å²) in [7, 11) is 0. The molecule has 0 aliphatic carbocycles. The van der Waals surface area contributed by atoms with Crippen molar-refractivity contribution >= 4 is 0 Å². The van der Waals surface area contributed by atoms with E-state index in [4.69, 9.17) is 0 Å². The molecular formula is C10H12FNO. The van der Waals surface area contributed by atoms with Gasteiger partial charge in [-0.25, -0.2) is 4.39 Å². The molecule has 2 rings (SSSR count). The number of phenols is 1. The van der Waals surface area contributed by atoms with Gasteiger partial charge in [-0.2, -0.15) is 0 Å². The molecule has 1 atom stereocenters. The topological polar surface area (TPSA) is 32.3 Å². The molecule has 0 saturated heterocycles. The van der Waals surface area contributed by atoms with E-state index in [-0.39, 0.29) is 5.75 Å². The summed E-state index contributed by atoms with van der Waals surface area (Å²) in [5.74, 6) is 0.129. The Morgan fingerprint density at radius 1 is 1.54 bits per heavy atom. The van der Waals surface area contributed by atoms with Gasteiger partial charge in [0.15, 0.2) is 0 Å². The van der Waals surface area contributed by atoms with E-state index in [2.05, 4.69) is 5.32 Å². The summed E-state index contributed by atoms with van der Waals surface area (Å²) in [6.07, 6.45) is 0. The van der Waals surface area contributed by atoms with Crippen molar-refractivity contribution in [3.05, 3.63) is 29.3 Å². The predicted octanol–water partition coefficient (Wildman–Crippen LogP) is 1.68. The first-order chi connectivity index (χ1) is 6.09. The van der Waals surface area contributed by atoms with Crippen LogP contribution >= 0.6 is 0 Å². The second-order valence-corrected chi connectivity index (χ2v) is 3.64. The normalized spacial score (nSPS) is 26.9. The number of alkyl halides is 1. The lowest BCUT2D eigenvalue weighted by atomic mass is 9.89. The van der Waals surface area contributed by atoms with Crippen LogP contribution in [0.25, 0.3) is 0 Å². The fraction of sp³-hybridized carbons (Fsp3) is 0.400. The monoisotopic (exact) mass is 181 g/mol. The Labute approximate surface area is 76.4 Å². The molecule has 70 valence electrons. The molecule has 1 unspecified atom stereocenters. The number of halogens is 1. The smallest absolute Gasteiger partial charge is 0.146 e. The molecule has 3 heteroatoms. The van der Waals surface area contributed by atoms with Crippen LogP contribution in [0.1, 0.15) is 18.1 Å². The van der Waals surface area contributed by atoms with Gasteiger partial charge in [0.25, 0.3) is 0 Å². The van der Waals surface area contributed by atoms with Crippen LogP contribution in [0.15, 0.2) is 18.2 Å². The summed E-state index contributed by atoms with van der Waals surface area (Å²) in [6, 6.07) is 4.85. The van der Waals surface area contributed by atoms with Gasteiger partial charge < -0.3 is 10.4 Å². The highest BCUT2D eigenvalue weighted by atomic mass is 19.1. The standard InChI is InChI=1S/C10H12FNO/c1-10(11)6-12-5-7-2-3-8(13)4-9(7)10/h2-4,12-13H,5-6H2,1H3. The molecule has 0 spiro atoms. The summed E-state index contributed by atoms with van der Waals surface area (Å²) in [5, 5.41) is 12.2. The second-order valence-electron chi connectivity index (χ2n) is 3.64. The van der Waals surface area contributed by atoms with Gasteiger partial charge in [0.1, 0.15) is 11.4 Å². The molecule has 0 aromatic heterocycles. The van der Waals surface area contributed by atoms with Gasteiger partial charge in [0.05, 0.1) is 0 Å². The third kappa shape index (κ3) is 1.40. The van der Waals surface area contributed by atoms with Crippen LogP contribution in [-0.2, 0) is 12.2 Å². The Morgan fingerprint density at radius 2 is 2.31 bits per heavy atom. The largest absolute Gasteiger partial charge is 0.508 e. The molecule has 0 fully saturated rings. The van der Waals surface area contributed by atoms with E-state index in [9.17, 15) is 9.50 Å². The average Bonchev–Trinajstić information content (AvgIpc) is 2.06. The lowest BCUT2D eigenvalue weighted by Crippen LogP contribution is -2.37. The van der Waals surface area contributed by atoms with Crippen molar-refractivity contribution in [1.82, 2.24) is 5.32 Å². The van der Waals surface area contributed by atoms with Gasteiger partial charge in [0.2, 0.25) is 0 Å². The van der Waals surface area contributed by atoms with Gasteiger partial charge >= 0.3 is 0 Å². The first kappa shape index (κ1) is 8.51. The van der Waals surface area contributed by atoms with Gasteiger partial charge in [-0.05, 0) is 30.2 Å². The number of hydrogen-bond donors (Lipinski definition) is 2. The Bertz CT molecular complexity index is 336. The number of fused-ring (bicyclic) bond motifs is 1. The number of hydrogen-bond acceptors (Lipinski definition) is 2. The molecule has 0 bridgehead atoms. The molecule has 0 amide bonds. The summed E-state index contributed by atoms with van der Waals surface area (Å²) in [6.45, 7) is 2.51. The van der Waals surface area contributed by atoms with E-state index in [1.54, 1.807) is 12.1 Å². The fourth-order valence-corrected chi connectivity index (χ4v) is 1.73. The third-order valence-electron chi connectivity index (χ3n) is 2.43. The summed E-state index contributed by atoms with van der Waals surface area (Å²) in [4.78, 5) is 0. The molecule has 2 nitrogen and oxygen atoms in total. The molecule has 13 heavy (non-hydrogen) atoms. The SMILES string of the molecule is CC1(F)CNCc2ccc(O)cc21. The van der Waals surface area contributed by atoms with E-state index < -0.39 is 5.67 Å². The average molecular weight is 181 g/mol. The zero-order chi connectivity index (χ0) is 9.47. The van der Waals surface area contributed by atoms with E-state index >= 15 is 0 Å². The molecule has 1 aromatic rings. The zero-order valence-electron chi connectivity index (χ0n) is 7.47. The first-order valence-corrected chi connectivity index (χ1v) is 4.31. The quantitative estimate of drug-likeness (QED) is 0.638. The fourth-order valence-electron chi connectivity index (χ4n) is 1.73. The minimum atomic E-state index is -1.37. The molecule has 1 aliphatic rings.